The van der Waals surface area contributed by atoms with Crippen molar-refractivity contribution in [3.05, 3.63) is 117 Å². The summed E-state index contributed by atoms with van der Waals surface area (Å²) in [7, 11) is 0. The van der Waals surface area contributed by atoms with Gasteiger partial charge in [0.05, 0.1) is 22.3 Å². The lowest BCUT2D eigenvalue weighted by atomic mass is 9.63. The minimum Gasteiger partial charge on any atom is -0.423 e. The highest BCUT2D eigenvalue weighted by Crippen LogP contribution is 2.65. The van der Waals surface area contributed by atoms with Gasteiger partial charge in [-0.15, -0.1) is 0 Å². The van der Waals surface area contributed by atoms with Crippen molar-refractivity contribution in [2.24, 2.45) is 35.5 Å². The number of hydrazine groups is 1. The van der Waals surface area contributed by atoms with Gasteiger partial charge in [0.1, 0.15) is 12.3 Å². The van der Waals surface area contributed by atoms with Crippen molar-refractivity contribution in [1.29, 1.82) is 0 Å². The van der Waals surface area contributed by atoms with Crippen LogP contribution in [0.15, 0.2) is 84.9 Å². The van der Waals surface area contributed by atoms with Gasteiger partial charge >= 0.3 is 5.97 Å². The molecule has 3 aromatic rings. The van der Waals surface area contributed by atoms with Crippen molar-refractivity contribution in [3.63, 3.8) is 0 Å². The number of benzene rings is 3. The van der Waals surface area contributed by atoms with Gasteiger partial charge in [0.2, 0.25) is 0 Å². The number of ketones is 1. The quantitative estimate of drug-likeness (QED) is 0.0698. The van der Waals surface area contributed by atoms with Gasteiger partial charge in [0.15, 0.2) is 5.78 Å². The molecule has 1 saturated heterocycles. The second kappa shape index (κ2) is 10.6. The third kappa shape index (κ3) is 4.80. The van der Waals surface area contributed by atoms with E-state index in [-0.39, 0.29) is 34.4 Å². The van der Waals surface area contributed by atoms with Crippen LogP contribution >= 0.6 is 0 Å². The van der Waals surface area contributed by atoms with Crippen LogP contribution in [0.25, 0.3) is 0 Å². The number of Topliss-reactive ketones (excluding diaryl/α,β-unsaturated/α-hetero) is 1. The summed E-state index contributed by atoms with van der Waals surface area (Å²) in [5.74, 6) is -3.46. The Morgan fingerprint density at radius 1 is 0.822 bits per heavy atom. The Balaban J connectivity index is 1.14. The summed E-state index contributed by atoms with van der Waals surface area (Å²) in [6.07, 6.45) is 4.99. The third-order valence-electron chi connectivity index (χ3n) is 9.41. The predicted molar refractivity (Wildman–Crippen MR) is 158 cm³/mol. The number of imide groups is 1. The average Bonchev–Trinajstić information content (AvgIpc) is 3.83. The lowest BCUT2D eigenvalue weighted by Gasteiger charge is -2.37. The van der Waals surface area contributed by atoms with Crippen molar-refractivity contribution < 1.29 is 33.6 Å². The van der Waals surface area contributed by atoms with Gasteiger partial charge in [0.25, 0.3) is 23.4 Å². The molecular formula is C34H27N3O8. The van der Waals surface area contributed by atoms with Gasteiger partial charge < -0.3 is 4.74 Å². The second-order valence-electron chi connectivity index (χ2n) is 12.0. The summed E-state index contributed by atoms with van der Waals surface area (Å²) in [5.41, 5.74) is 1.26. The van der Waals surface area contributed by atoms with Gasteiger partial charge in [-0.3, -0.25) is 29.3 Å². The molecule has 4 aliphatic carbocycles. The molecule has 2 saturated carbocycles. The lowest BCUT2D eigenvalue weighted by molar-refractivity contribution is -0.384. The maximum absolute atomic E-state index is 13.9. The van der Waals surface area contributed by atoms with Crippen LogP contribution in [0.4, 0.5) is 5.69 Å². The molecule has 8 rings (SSSR count). The summed E-state index contributed by atoms with van der Waals surface area (Å²) >= 11 is 0. The lowest BCUT2D eigenvalue weighted by Crippen LogP contribution is -2.52. The van der Waals surface area contributed by atoms with E-state index in [1.807, 2.05) is 19.1 Å². The van der Waals surface area contributed by atoms with Crippen LogP contribution < -0.4 is 4.74 Å². The molecule has 2 bridgehead atoms. The molecule has 6 atom stereocenters. The smallest absolute Gasteiger partial charge is 0.343 e. The van der Waals surface area contributed by atoms with Gasteiger partial charge in [-0.1, -0.05) is 29.8 Å². The molecule has 1 heterocycles. The molecule has 45 heavy (non-hydrogen) atoms. The summed E-state index contributed by atoms with van der Waals surface area (Å²) in [6, 6.07) is 17.4. The van der Waals surface area contributed by atoms with Gasteiger partial charge in [-0.25, -0.2) is 9.80 Å². The number of nitro benzene ring substituents is 1. The molecule has 0 N–H and O–H groups in total. The Hall–Kier alpha value is -5.45. The molecule has 0 unspecified atom stereocenters. The number of nitrogens with zero attached hydrogens (tertiary/aromatic N) is 3. The molecule has 5 aliphatic rings. The molecule has 11 nitrogen and oxygen atoms in total. The van der Waals surface area contributed by atoms with E-state index in [2.05, 4.69) is 0 Å². The fourth-order valence-corrected chi connectivity index (χ4v) is 7.08. The first-order valence-corrected chi connectivity index (χ1v) is 14.7. The van der Waals surface area contributed by atoms with E-state index >= 15 is 0 Å². The maximum Gasteiger partial charge on any atom is 0.343 e. The first-order valence-electron chi connectivity index (χ1n) is 14.7. The minimum absolute atomic E-state index is 0.0221. The number of hydrogen-bond donors (Lipinski definition) is 0. The van der Waals surface area contributed by atoms with Crippen LogP contribution in [0, 0.1) is 52.5 Å². The Morgan fingerprint density at radius 3 is 1.91 bits per heavy atom. The van der Waals surface area contributed by atoms with E-state index < -0.39 is 52.8 Å². The molecule has 0 spiro atoms. The molecule has 3 amide bonds. The molecule has 11 heteroatoms. The molecule has 226 valence electrons. The summed E-state index contributed by atoms with van der Waals surface area (Å²) < 4.78 is 5.41. The molecule has 0 radical (unpaired) electrons. The van der Waals surface area contributed by atoms with Crippen LogP contribution in [0.1, 0.15) is 43.1 Å². The average molecular weight is 606 g/mol. The van der Waals surface area contributed by atoms with Crippen LogP contribution in [0.5, 0.6) is 5.75 Å². The fourth-order valence-electron chi connectivity index (χ4n) is 7.08. The zero-order valence-electron chi connectivity index (χ0n) is 24.1. The fraction of sp³-hybridized carbons (Fsp3) is 0.265. The van der Waals surface area contributed by atoms with Crippen LogP contribution in [0.2, 0.25) is 0 Å². The molecular weight excluding hydrogens is 578 g/mol. The predicted octanol–water partition coefficient (Wildman–Crippen LogP) is 4.42. The Kier molecular flexibility index (Phi) is 6.68. The van der Waals surface area contributed by atoms with E-state index in [0.717, 1.165) is 34.1 Å². The zero-order chi connectivity index (χ0) is 31.6. The maximum atomic E-state index is 13.9. The molecule has 3 aromatic carbocycles. The number of aryl methyl sites for hydroxylation is 1. The normalized spacial score (nSPS) is 25.4. The summed E-state index contributed by atoms with van der Waals surface area (Å²) in [6.45, 7) is 1.27. The number of carbonyl (C=O) groups excluding carboxylic acids is 5. The largest absolute Gasteiger partial charge is 0.423 e. The van der Waals surface area contributed by atoms with E-state index in [4.69, 9.17) is 4.74 Å². The van der Waals surface area contributed by atoms with Gasteiger partial charge in [0, 0.05) is 23.3 Å². The van der Waals surface area contributed by atoms with Gasteiger partial charge in [-0.2, -0.15) is 5.01 Å². The number of allylic oxidation sites excluding steroid dienone is 2. The number of amides is 3. The Bertz CT molecular complexity index is 1760. The number of hydrogen-bond acceptors (Lipinski definition) is 8. The number of esters is 1. The summed E-state index contributed by atoms with van der Waals surface area (Å²) in [4.78, 5) is 78.2. The third-order valence-corrected chi connectivity index (χ3v) is 9.41. The van der Waals surface area contributed by atoms with E-state index in [1.165, 1.54) is 36.4 Å². The number of carbonyl (C=O) groups is 5. The van der Waals surface area contributed by atoms with Crippen LogP contribution in [-0.4, -0.2) is 51.0 Å². The molecule has 3 fully saturated rings. The molecule has 1 aliphatic heterocycles. The first-order chi connectivity index (χ1) is 21.6. The van der Waals surface area contributed by atoms with Crippen molar-refractivity contribution >= 4 is 35.2 Å². The topological polar surface area (TPSA) is 144 Å². The number of nitro groups is 1. The summed E-state index contributed by atoms with van der Waals surface area (Å²) in [5, 5.41) is 12.8. The van der Waals surface area contributed by atoms with E-state index in [0.29, 0.717) is 17.4 Å². The highest BCUT2D eigenvalue weighted by atomic mass is 16.6. The van der Waals surface area contributed by atoms with E-state index in [1.54, 1.807) is 24.3 Å². The standard InChI is InChI=1S/C34H27N3O8/c1-18-2-4-21(5-3-18)34(42)45-23-12-8-19(9-13-23)28(38)17-35(31(39)20-6-10-22(11-7-20)37(43)44)36-32(40)29-24-14-15-25(27-16-26(24)27)30(29)33(36)41/h2-15,24-27,29-30H,16-17H2,1H3/t24-,25-,26-,27-,29+,30+/m0/s1. The first kappa shape index (κ1) is 28.3. The van der Waals surface area contributed by atoms with Crippen LogP contribution in [-0.2, 0) is 9.59 Å². The Morgan fingerprint density at radius 2 is 1.36 bits per heavy atom. The van der Waals surface area contributed by atoms with Crippen molar-refractivity contribution in [2.75, 3.05) is 6.54 Å². The SMILES string of the molecule is Cc1ccc(C(=O)Oc2ccc(C(=O)CN(C(=O)c3ccc([N+](=O)[O-])cc3)N3C(=O)[C@@H]4[C@H]5C=C[C@@H]([C@@H]6C[C@@H]56)[C@H]4C3=O)cc2)cc1. The highest BCUT2D eigenvalue weighted by molar-refractivity contribution is 6.10. The number of rotatable bonds is 8. The van der Waals surface area contributed by atoms with Crippen LogP contribution in [0.3, 0.4) is 0 Å². The zero-order valence-corrected chi connectivity index (χ0v) is 24.1. The minimum atomic E-state index is -0.812. The van der Waals surface area contributed by atoms with Crippen molar-refractivity contribution in [1.82, 2.24) is 10.0 Å². The molecule has 0 aromatic heterocycles. The monoisotopic (exact) mass is 605 g/mol. The highest BCUT2D eigenvalue weighted by Gasteiger charge is 2.68. The van der Waals surface area contributed by atoms with Crippen molar-refractivity contribution in [2.45, 2.75) is 13.3 Å². The number of non-ortho nitro benzene ring substituents is 1. The number of ether oxygens (including phenoxy) is 1. The van der Waals surface area contributed by atoms with Crippen molar-refractivity contribution in [3.8, 4) is 5.75 Å². The Labute approximate surface area is 257 Å². The second-order valence-corrected chi connectivity index (χ2v) is 12.0. The van der Waals surface area contributed by atoms with Gasteiger partial charge in [-0.05, 0) is 85.5 Å². The van der Waals surface area contributed by atoms with E-state index in [9.17, 15) is 34.1 Å².